The lowest BCUT2D eigenvalue weighted by atomic mass is 10.0. The summed E-state index contributed by atoms with van der Waals surface area (Å²) >= 11 is 0. The van der Waals surface area contributed by atoms with Crippen molar-refractivity contribution in [2.24, 2.45) is 7.05 Å². The average molecular weight is 427 g/mol. The molecular formula is C25H26N6O. The van der Waals surface area contributed by atoms with Crippen molar-refractivity contribution in [1.29, 1.82) is 0 Å². The van der Waals surface area contributed by atoms with Crippen LogP contribution in [-0.4, -0.2) is 38.1 Å². The highest BCUT2D eigenvalue weighted by atomic mass is 16.2. The molecule has 162 valence electrons. The van der Waals surface area contributed by atoms with Crippen molar-refractivity contribution in [3.05, 3.63) is 54.9 Å². The molecule has 7 heteroatoms. The van der Waals surface area contributed by atoms with Crippen molar-refractivity contribution in [2.45, 2.75) is 38.8 Å². The number of aryl methyl sites for hydroxylation is 1. The van der Waals surface area contributed by atoms with Crippen LogP contribution in [0.3, 0.4) is 0 Å². The molecule has 1 aliphatic heterocycles. The maximum absolute atomic E-state index is 12.5. The van der Waals surface area contributed by atoms with Crippen LogP contribution in [-0.2, 0) is 11.8 Å². The Morgan fingerprint density at radius 2 is 1.88 bits per heavy atom. The van der Waals surface area contributed by atoms with Crippen molar-refractivity contribution in [1.82, 2.24) is 19.6 Å². The summed E-state index contributed by atoms with van der Waals surface area (Å²) in [6.07, 6.45) is 6.48. The highest BCUT2D eigenvalue weighted by Crippen LogP contribution is 2.44. The molecule has 1 amide bonds. The van der Waals surface area contributed by atoms with E-state index < -0.39 is 0 Å². The fourth-order valence-electron chi connectivity index (χ4n) is 4.91. The molecule has 1 saturated carbocycles. The van der Waals surface area contributed by atoms with E-state index >= 15 is 0 Å². The molecule has 2 aromatic heterocycles. The molecule has 1 aliphatic carbocycles. The fourth-order valence-corrected chi connectivity index (χ4v) is 4.91. The summed E-state index contributed by atoms with van der Waals surface area (Å²) in [5.41, 5.74) is 5.20. The van der Waals surface area contributed by atoms with Gasteiger partial charge in [-0.2, -0.15) is 10.2 Å². The van der Waals surface area contributed by atoms with Crippen LogP contribution in [0.2, 0.25) is 0 Å². The number of anilines is 3. The molecule has 1 fully saturated rings. The maximum atomic E-state index is 12.5. The van der Waals surface area contributed by atoms with Crippen LogP contribution < -0.4 is 9.80 Å². The number of hydrogen-bond donors (Lipinski definition) is 0. The number of fused-ring (bicyclic) bond motifs is 2. The summed E-state index contributed by atoms with van der Waals surface area (Å²) in [5.74, 6) is 0.976. The third-order valence-corrected chi connectivity index (χ3v) is 6.60. The Balaban J connectivity index is 1.52. The van der Waals surface area contributed by atoms with Gasteiger partial charge in [0, 0.05) is 37.7 Å². The van der Waals surface area contributed by atoms with E-state index in [1.807, 2.05) is 35.0 Å². The first-order chi connectivity index (χ1) is 15.5. The van der Waals surface area contributed by atoms with E-state index in [4.69, 9.17) is 5.10 Å². The number of hydrogen-bond acceptors (Lipinski definition) is 4. The first-order valence-corrected chi connectivity index (χ1v) is 11.2. The Labute approximate surface area is 186 Å². The molecule has 0 bridgehead atoms. The van der Waals surface area contributed by atoms with E-state index in [1.54, 1.807) is 6.92 Å². The highest BCUT2D eigenvalue weighted by Gasteiger charge is 2.33. The Morgan fingerprint density at radius 3 is 2.66 bits per heavy atom. The van der Waals surface area contributed by atoms with Crippen LogP contribution >= 0.6 is 0 Å². The SMILES string of the molecule is CC(=O)N1c2ccc(-c3cnn(C4CC4)c3)cc2N(c2nn(C)c3ccccc23)CC1C. The molecule has 6 rings (SSSR count). The summed E-state index contributed by atoms with van der Waals surface area (Å²) in [7, 11) is 1.98. The van der Waals surface area contributed by atoms with Crippen molar-refractivity contribution >= 4 is 34.0 Å². The zero-order valence-corrected chi connectivity index (χ0v) is 18.6. The van der Waals surface area contributed by atoms with Crippen LogP contribution in [0.1, 0.15) is 32.7 Å². The summed E-state index contributed by atoms with van der Waals surface area (Å²) in [4.78, 5) is 16.7. The van der Waals surface area contributed by atoms with Crippen LogP contribution in [0, 0.1) is 0 Å². The first kappa shape index (κ1) is 19.1. The van der Waals surface area contributed by atoms with Gasteiger partial charge in [-0.15, -0.1) is 0 Å². The number of amides is 1. The standard InChI is InChI=1S/C25H26N6O/c1-16-14-29(25-21-6-4-5-7-22(21)28(3)27-25)24-12-18(8-11-23(24)31(16)17(2)32)19-13-26-30(15-19)20-9-10-20/h4-8,11-13,15-16,20H,9-10,14H2,1-3H3. The van der Waals surface area contributed by atoms with Gasteiger partial charge in [0.1, 0.15) is 0 Å². The molecule has 1 unspecified atom stereocenters. The number of rotatable bonds is 3. The van der Waals surface area contributed by atoms with Gasteiger partial charge in [-0.1, -0.05) is 18.2 Å². The normalized spacial score (nSPS) is 18.3. The topological polar surface area (TPSA) is 59.2 Å². The lowest BCUT2D eigenvalue weighted by Crippen LogP contribution is -2.48. The van der Waals surface area contributed by atoms with Gasteiger partial charge in [0.2, 0.25) is 5.91 Å². The van der Waals surface area contributed by atoms with Gasteiger partial charge in [-0.25, -0.2) is 0 Å². The first-order valence-electron chi connectivity index (χ1n) is 11.2. The molecule has 3 heterocycles. The van der Waals surface area contributed by atoms with Gasteiger partial charge in [0.15, 0.2) is 5.82 Å². The maximum Gasteiger partial charge on any atom is 0.224 e. The molecule has 32 heavy (non-hydrogen) atoms. The minimum Gasteiger partial charge on any atom is -0.320 e. The number of aromatic nitrogens is 4. The summed E-state index contributed by atoms with van der Waals surface area (Å²) in [6.45, 7) is 4.41. The smallest absolute Gasteiger partial charge is 0.224 e. The molecule has 0 radical (unpaired) electrons. The quantitative estimate of drug-likeness (QED) is 0.478. The zero-order chi connectivity index (χ0) is 22.0. The molecule has 4 aromatic rings. The van der Waals surface area contributed by atoms with Crippen LogP contribution in [0.5, 0.6) is 0 Å². The zero-order valence-electron chi connectivity index (χ0n) is 18.6. The van der Waals surface area contributed by atoms with Crippen LogP contribution in [0.25, 0.3) is 22.0 Å². The minimum absolute atomic E-state index is 0.0317. The second-order valence-corrected chi connectivity index (χ2v) is 8.96. The average Bonchev–Trinajstić information content (AvgIpc) is 3.42. The van der Waals surface area contributed by atoms with Gasteiger partial charge >= 0.3 is 0 Å². The number of carbonyl (C=O) groups is 1. The van der Waals surface area contributed by atoms with E-state index in [0.717, 1.165) is 39.2 Å². The molecule has 0 N–H and O–H groups in total. The van der Waals surface area contributed by atoms with E-state index in [0.29, 0.717) is 12.6 Å². The number of nitrogens with zero attached hydrogens (tertiary/aromatic N) is 6. The van der Waals surface area contributed by atoms with Gasteiger partial charge in [0.05, 0.1) is 35.2 Å². The summed E-state index contributed by atoms with van der Waals surface area (Å²) in [6, 6.07) is 15.2. The highest BCUT2D eigenvalue weighted by molar-refractivity contribution is 6.01. The summed E-state index contributed by atoms with van der Waals surface area (Å²) < 4.78 is 4.00. The number of carbonyl (C=O) groups excluding carboxylic acids is 1. The van der Waals surface area contributed by atoms with Crippen LogP contribution in [0.4, 0.5) is 17.2 Å². The summed E-state index contributed by atoms with van der Waals surface area (Å²) in [5, 5.41) is 10.6. The Morgan fingerprint density at radius 1 is 1.06 bits per heavy atom. The second-order valence-electron chi connectivity index (χ2n) is 8.96. The van der Waals surface area contributed by atoms with Crippen molar-refractivity contribution in [3.8, 4) is 11.1 Å². The largest absolute Gasteiger partial charge is 0.320 e. The van der Waals surface area contributed by atoms with Gasteiger partial charge < -0.3 is 9.80 Å². The van der Waals surface area contributed by atoms with Gasteiger partial charge in [-0.3, -0.25) is 14.2 Å². The molecule has 1 atom stereocenters. The predicted octanol–water partition coefficient (Wildman–Crippen LogP) is 4.66. The minimum atomic E-state index is 0.0317. The van der Waals surface area contributed by atoms with E-state index in [-0.39, 0.29) is 11.9 Å². The fraction of sp³-hybridized carbons (Fsp3) is 0.320. The number of benzene rings is 2. The van der Waals surface area contributed by atoms with Crippen molar-refractivity contribution in [2.75, 3.05) is 16.3 Å². The molecule has 0 spiro atoms. The second kappa shape index (κ2) is 6.95. The molecule has 2 aromatic carbocycles. The van der Waals surface area contributed by atoms with E-state index in [9.17, 15) is 4.79 Å². The lowest BCUT2D eigenvalue weighted by Gasteiger charge is -2.41. The van der Waals surface area contributed by atoms with E-state index in [1.165, 1.54) is 12.8 Å². The molecule has 7 nitrogen and oxygen atoms in total. The molecule has 0 saturated heterocycles. The third-order valence-electron chi connectivity index (χ3n) is 6.60. The molecular weight excluding hydrogens is 400 g/mol. The van der Waals surface area contributed by atoms with Gasteiger partial charge in [-0.05, 0) is 49.6 Å². The van der Waals surface area contributed by atoms with E-state index in [2.05, 4.69) is 58.1 Å². The van der Waals surface area contributed by atoms with Gasteiger partial charge in [0.25, 0.3) is 0 Å². The Hall–Kier alpha value is -3.61. The Kier molecular flexibility index (Phi) is 4.15. The Bertz CT molecular complexity index is 1350. The predicted molar refractivity (Wildman–Crippen MR) is 126 cm³/mol. The lowest BCUT2D eigenvalue weighted by molar-refractivity contribution is -0.117. The van der Waals surface area contributed by atoms with Crippen molar-refractivity contribution < 1.29 is 4.79 Å². The monoisotopic (exact) mass is 426 g/mol. The van der Waals surface area contributed by atoms with Crippen molar-refractivity contribution in [3.63, 3.8) is 0 Å². The van der Waals surface area contributed by atoms with Crippen LogP contribution in [0.15, 0.2) is 54.9 Å². The molecule has 2 aliphatic rings. The third kappa shape index (κ3) is 2.92. The number of para-hydroxylation sites is 1.